The summed E-state index contributed by atoms with van der Waals surface area (Å²) in [6.07, 6.45) is 4.05. The van der Waals surface area contributed by atoms with Gasteiger partial charge in [0.2, 0.25) is 5.91 Å². The number of nitrogens with zero attached hydrogens (tertiary/aromatic N) is 1. The maximum atomic E-state index is 15.0. The molecule has 0 radical (unpaired) electrons. The van der Waals surface area contributed by atoms with Crippen LogP contribution in [-0.2, 0) is 6.42 Å². The SMILES string of the molecule is C=Cc1ccc(C(C)c2c(F)cc(C(N)=O)c3c2C(C)=C(C)C3)cn1. The van der Waals surface area contributed by atoms with Gasteiger partial charge >= 0.3 is 0 Å². The summed E-state index contributed by atoms with van der Waals surface area (Å²) >= 11 is 0. The largest absolute Gasteiger partial charge is 0.366 e. The Balaban J connectivity index is 2.20. The average molecular weight is 336 g/mol. The van der Waals surface area contributed by atoms with E-state index in [2.05, 4.69) is 11.6 Å². The van der Waals surface area contributed by atoms with E-state index in [1.165, 1.54) is 6.07 Å². The Hall–Kier alpha value is -2.75. The molecule has 2 aromatic rings. The molecule has 0 fully saturated rings. The number of aromatic nitrogens is 1. The van der Waals surface area contributed by atoms with Crippen LogP contribution in [0.2, 0.25) is 0 Å². The summed E-state index contributed by atoms with van der Waals surface area (Å²) in [7, 11) is 0. The second-order valence-corrected chi connectivity index (χ2v) is 6.56. The molecule has 1 aliphatic carbocycles. The third kappa shape index (κ3) is 2.78. The standard InChI is InChI=1S/C21H21FN2O/c1-5-15-7-6-14(10-24-15)13(4)20-18(22)9-17(21(23)25)16-8-11(2)12(3)19(16)20/h5-7,9-10,13H,1,8H2,2-4H3,(H2,23,25). The van der Waals surface area contributed by atoms with Gasteiger partial charge in [-0.3, -0.25) is 9.78 Å². The summed E-state index contributed by atoms with van der Waals surface area (Å²) in [4.78, 5) is 16.1. The topological polar surface area (TPSA) is 56.0 Å². The first kappa shape index (κ1) is 17.1. The molecule has 1 atom stereocenters. The van der Waals surface area contributed by atoms with Crippen molar-refractivity contribution in [3.63, 3.8) is 0 Å². The molecule has 1 unspecified atom stereocenters. The van der Waals surface area contributed by atoms with E-state index in [1.807, 2.05) is 32.9 Å². The number of primary amides is 1. The third-order valence-corrected chi connectivity index (χ3v) is 5.10. The Morgan fingerprint density at radius 2 is 2.12 bits per heavy atom. The number of pyridine rings is 1. The van der Waals surface area contributed by atoms with Gasteiger partial charge in [-0.1, -0.05) is 25.1 Å². The summed E-state index contributed by atoms with van der Waals surface area (Å²) in [5.41, 5.74) is 11.9. The predicted molar refractivity (Wildman–Crippen MR) is 98.7 cm³/mol. The summed E-state index contributed by atoms with van der Waals surface area (Å²) in [5, 5.41) is 0. The molecule has 1 aromatic carbocycles. The number of benzene rings is 1. The number of carbonyl (C=O) groups is 1. The van der Waals surface area contributed by atoms with Crippen molar-refractivity contribution in [2.75, 3.05) is 0 Å². The molecule has 1 heterocycles. The molecular weight excluding hydrogens is 315 g/mol. The molecule has 3 nitrogen and oxygen atoms in total. The lowest BCUT2D eigenvalue weighted by molar-refractivity contribution is 0.0999. The first-order valence-electron chi connectivity index (χ1n) is 8.25. The van der Waals surface area contributed by atoms with Crippen LogP contribution >= 0.6 is 0 Å². The number of nitrogens with two attached hydrogens (primary N) is 1. The number of rotatable bonds is 4. The predicted octanol–water partition coefficient (Wildman–Crippen LogP) is 4.46. The van der Waals surface area contributed by atoms with Crippen LogP contribution in [-0.4, -0.2) is 10.9 Å². The first-order chi connectivity index (χ1) is 11.8. The van der Waals surface area contributed by atoms with Gasteiger partial charge in [0.05, 0.1) is 5.69 Å². The summed E-state index contributed by atoms with van der Waals surface area (Å²) < 4.78 is 15.0. The molecule has 128 valence electrons. The van der Waals surface area contributed by atoms with Crippen LogP contribution in [0.25, 0.3) is 11.6 Å². The highest BCUT2D eigenvalue weighted by Gasteiger charge is 2.29. The van der Waals surface area contributed by atoms with Gasteiger partial charge in [-0.05, 0) is 60.7 Å². The van der Waals surface area contributed by atoms with E-state index in [0.717, 1.165) is 33.5 Å². The van der Waals surface area contributed by atoms with Gasteiger partial charge in [-0.2, -0.15) is 0 Å². The number of hydrogen-bond acceptors (Lipinski definition) is 2. The van der Waals surface area contributed by atoms with Crippen LogP contribution in [0.3, 0.4) is 0 Å². The van der Waals surface area contributed by atoms with Gasteiger partial charge in [0.15, 0.2) is 0 Å². The van der Waals surface area contributed by atoms with Crippen LogP contribution in [0.4, 0.5) is 4.39 Å². The molecule has 0 bridgehead atoms. The zero-order valence-corrected chi connectivity index (χ0v) is 14.7. The van der Waals surface area contributed by atoms with Crippen molar-refractivity contribution >= 4 is 17.6 Å². The van der Waals surface area contributed by atoms with Crippen LogP contribution in [0.1, 0.15) is 65.0 Å². The van der Waals surface area contributed by atoms with Crippen LogP contribution in [0, 0.1) is 5.82 Å². The van der Waals surface area contributed by atoms with Crippen molar-refractivity contribution in [2.45, 2.75) is 33.1 Å². The number of amides is 1. The third-order valence-electron chi connectivity index (χ3n) is 5.10. The Morgan fingerprint density at radius 1 is 1.40 bits per heavy atom. The molecule has 1 aromatic heterocycles. The molecule has 0 aliphatic heterocycles. The van der Waals surface area contributed by atoms with Crippen molar-refractivity contribution in [1.82, 2.24) is 4.98 Å². The monoisotopic (exact) mass is 336 g/mol. The Labute approximate surface area is 147 Å². The van der Waals surface area contributed by atoms with Crippen molar-refractivity contribution < 1.29 is 9.18 Å². The minimum Gasteiger partial charge on any atom is -0.366 e. The smallest absolute Gasteiger partial charge is 0.249 e. The quantitative estimate of drug-likeness (QED) is 0.896. The lowest BCUT2D eigenvalue weighted by Gasteiger charge is -2.20. The molecule has 0 saturated heterocycles. The van der Waals surface area contributed by atoms with Gasteiger partial charge in [-0.25, -0.2) is 4.39 Å². The molecule has 1 aliphatic rings. The fourth-order valence-corrected chi connectivity index (χ4v) is 3.53. The van der Waals surface area contributed by atoms with Crippen molar-refractivity contribution in [1.29, 1.82) is 0 Å². The second-order valence-electron chi connectivity index (χ2n) is 6.56. The van der Waals surface area contributed by atoms with E-state index in [-0.39, 0.29) is 11.5 Å². The lowest BCUT2D eigenvalue weighted by Crippen LogP contribution is -2.16. The average Bonchev–Trinajstić information content (AvgIpc) is 2.89. The summed E-state index contributed by atoms with van der Waals surface area (Å²) in [6, 6.07) is 5.08. The summed E-state index contributed by atoms with van der Waals surface area (Å²) in [6.45, 7) is 9.63. The Morgan fingerprint density at radius 3 is 2.68 bits per heavy atom. The molecule has 3 rings (SSSR count). The van der Waals surface area contributed by atoms with E-state index in [1.54, 1.807) is 12.3 Å². The molecule has 25 heavy (non-hydrogen) atoms. The van der Waals surface area contributed by atoms with E-state index in [0.29, 0.717) is 12.0 Å². The number of carbonyl (C=O) groups excluding carboxylic acids is 1. The van der Waals surface area contributed by atoms with E-state index >= 15 is 0 Å². The highest BCUT2D eigenvalue weighted by Crippen LogP contribution is 2.42. The molecule has 0 saturated carbocycles. The number of hydrogen-bond donors (Lipinski definition) is 1. The lowest BCUT2D eigenvalue weighted by atomic mass is 9.85. The van der Waals surface area contributed by atoms with Crippen LogP contribution in [0.5, 0.6) is 0 Å². The first-order valence-corrected chi connectivity index (χ1v) is 8.25. The minimum atomic E-state index is -0.589. The van der Waals surface area contributed by atoms with Crippen molar-refractivity contribution in [3.05, 3.63) is 75.9 Å². The fourth-order valence-electron chi connectivity index (χ4n) is 3.53. The van der Waals surface area contributed by atoms with E-state index in [9.17, 15) is 9.18 Å². The number of fused-ring (bicyclic) bond motifs is 1. The summed E-state index contributed by atoms with van der Waals surface area (Å²) in [5.74, 6) is -1.18. The van der Waals surface area contributed by atoms with Gasteiger partial charge in [0.1, 0.15) is 5.82 Å². The van der Waals surface area contributed by atoms with Crippen molar-refractivity contribution in [3.8, 4) is 0 Å². The van der Waals surface area contributed by atoms with Gasteiger partial charge < -0.3 is 5.73 Å². The minimum absolute atomic E-state index is 0.192. The Kier molecular flexibility index (Phi) is 4.29. The van der Waals surface area contributed by atoms with Crippen LogP contribution in [0.15, 0.2) is 36.5 Å². The highest BCUT2D eigenvalue weighted by molar-refractivity contribution is 5.97. The zero-order valence-electron chi connectivity index (χ0n) is 14.7. The number of halogens is 1. The van der Waals surface area contributed by atoms with Gasteiger partial charge in [-0.15, -0.1) is 0 Å². The number of allylic oxidation sites excluding steroid dienone is 2. The molecule has 1 amide bonds. The maximum Gasteiger partial charge on any atom is 0.249 e. The molecule has 4 heteroatoms. The highest BCUT2D eigenvalue weighted by atomic mass is 19.1. The normalized spacial score (nSPS) is 14.4. The van der Waals surface area contributed by atoms with E-state index < -0.39 is 11.7 Å². The molecule has 0 spiro atoms. The Bertz CT molecular complexity index is 910. The van der Waals surface area contributed by atoms with Gasteiger partial charge in [0.25, 0.3) is 0 Å². The second kappa shape index (κ2) is 6.28. The van der Waals surface area contributed by atoms with Crippen LogP contribution < -0.4 is 5.73 Å². The molecule has 2 N–H and O–H groups in total. The van der Waals surface area contributed by atoms with Crippen molar-refractivity contribution in [2.24, 2.45) is 5.73 Å². The maximum absolute atomic E-state index is 15.0. The van der Waals surface area contributed by atoms with E-state index in [4.69, 9.17) is 5.73 Å². The fraction of sp³-hybridized carbons (Fsp3) is 0.238. The van der Waals surface area contributed by atoms with Gasteiger partial charge in [0, 0.05) is 23.2 Å². The molecular formula is C21H21FN2O. The zero-order chi connectivity index (χ0) is 18.3.